The fourth-order valence-corrected chi connectivity index (χ4v) is 2.77. The van der Waals surface area contributed by atoms with Gasteiger partial charge >= 0.3 is 0 Å². The van der Waals surface area contributed by atoms with Crippen LogP contribution < -0.4 is 4.90 Å². The van der Waals surface area contributed by atoms with Gasteiger partial charge in [-0.1, -0.05) is 36.1 Å². The van der Waals surface area contributed by atoms with Crippen LogP contribution in [0, 0.1) is 24.6 Å². The van der Waals surface area contributed by atoms with E-state index < -0.39 is 0 Å². The Bertz CT molecular complexity index is 724. The van der Waals surface area contributed by atoms with E-state index in [9.17, 15) is 4.39 Å². The number of nitrogens with zero attached hydrogens (tertiary/aromatic N) is 1. The van der Waals surface area contributed by atoms with E-state index in [0.717, 1.165) is 12.0 Å². The third-order valence-corrected chi connectivity index (χ3v) is 4.00. The lowest BCUT2D eigenvalue weighted by molar-refractivity contribution is 0.618. The number of rotatable bonds is 1. The van der Waals surface area contributed by atoms with E-state index >= 15 is 0 Å². The molecular weight excluding hydrogens is 261 g/mol. The van der Waals surface area contributed by atoms with Crippen LogP contribution in [0.5, 0.6) is 0 Å². The van der Waals surface area contributed by atoms with Gasteiger partial charge in [0.25, 0.3) is 0 Å². The molecule has 1 aliphatic heterocycles. The van der Waals surface area contributed by atoms with Crippen molar-refractivity contribution in [1.82, 2.24) is 0 Å². The predicted octanol–water partition coefficient (Wildman–Crippen LogP) is 3.94. The highest BCUT2D eigenvalue weighted by Gasteiger charge is 2.24. The van der Waals surface area contributed by atoms with Crippen molar-refractivity contribution in [2.75, 3.05) is 11.4 Å². The van der Waals surface area contributed by atoms with Crippen molar-refractivity contribution in [1.29, 1.82) is 0 Å². The van der Waals surface area contributed by atoms with Gasteiger partial charge in [0.1, 0.15) is 5.82 Å². The van der Waals surface area contributed by atoms with Gasteiger partial charge in [0.05, 0.1) is 6.54 Å². The lowest BCUT2D eigenvalue weighted by Gasteiger charge is -2.21. The lowest BCUT2D eigenvalue weighted by atomic mass is 10.1. The molecule has 106 valence electrons. The van der Waals surface area contributed by atoms with E-state index in [1.807, 2.05) is 6.07 Å². The first-order valence-corrected chi connectivity index (χ1v) is 7.25. The summed E-state index contributed by atoms with van der Waals surface area (Å²) in [5.41, 5.74) is 4.04. The monoisotopic (exact) mass is 279 g/mol. The average Bonchev–Trinajstić information content (AvgIpc) is 2.79. The fraction of sp³-hybridized carbons (Fsp3) is 0.263. The average molecular weight is 279 g/mol. The molecule has 0 radical (unpaired) electrons. The Morgan fingerprint density at radius 2 is 2.05 bits per heavy atom. The molecule has 21 heavy (non-hydrogen) atoms. The molecule has 1 atom stereocenters. The second-order valence-corrected chi connectivity index (χ2v) is 5.58. The number of anilines is 1. The second-order valence-electron chi connectivity index (χ2n) is 5.58. The molecule has 1 aliphatic rings. The Hall–Kier alpha value is -2.27. The quantitative estimate of drug-likeness (QED) is 0.715. The Labute approximate surface area is 125 Å². The number of halogens is 1. The van der Waals surface area contributed by atoms with Crippen molar-refractivity contribution in [3.63, 3.8) is 0 Å². The van der Waals surface area contributed by atoms with E-state index in [1.165, 1.54) is 17.3 Å². The van der Waals surface area contributed by atoms with Crippen LogP contribution in [-0.2, 0) is 6.42 Å². The fourth-order valence-electron chi connectivity index (χ4n) is 2.77. The molecule has 0 aromatic heterocycles. The van der Waals surface area contributed by atoms with Gasteiger partial charge in [-0.2, -0.15) is 0 Å². The molecule has 0 aliphatic carbocycles. The molecule has 1 heterocycles. The Balaban J connectivity index is 1.76. The first-order chi connectivity index (χ1) is 10.1. The molecule has 0 saturated heterocycles. The maximum atomic E-state index is 13.5. The van der Waals surface area contributed by atoms with Crippen molar-refractivity contribution >= 4 is 5.69 Å². The molecule has 0 bridgehead atoms. The number of fused-ring (bicyclic) bond motifs is 1. The maximum absolute atomic E-state index is 13.5. The molecule has 0 fully saturated rings. The molecule has 1 nitrogen and oxygen atoms in total. The van der Waals surface area contributed by atoms with E-state index in [4.69, 9.17) is 0 Å². The number of hydrogen-bond donors (Lipinski definition) is 0. The SMILES string of the molecule is Cc1ccc(C#CCN2c3ccccc3CC2C)cc1F. The molecule has 1 unspecified atom stereocenters. The zero-order valence-corrected chi connectivity index (χ0v) is 12.4. The second kappa shape index (κ2) is 5.61. The Morgan fingerprint density at radius 1 is 1.24 bits per heavy atom. The van der Waals surface area contributed by atoms with Gasteiger partial charge in [0.15, 0.2) is 0 Å². The summed E-state index contributed by atoms with van der Waals surface area (Å²) >= 11 is 0. The van der Waals surface area contributed by atoms with Crippen molar-refractivity contribution in [2.45, 2.75) is 26.3 Å². The first kappa shape index (κ1) is 13.7. The number of benzene rings is 2. The third kappa shape index (κ3) is 2.78. The summed E-state index contributed by atoms with van der Waals surface area (Å²) < 4.78 is 13.5. The van der Waals surface area contributed by atoms with Crippen molar-refractivity contribution in [2.24, 2.45) is 0 Å². The molecule has 3 rings (SSSR count). The van der Waals surface area contributed by atoms with Gasteiger partial charge in [-0.05, 0) is 49.6 Å². The normalized spacial score (nSPS) is 16.3. The number of hydrogen-bond acceptors (Lipinski definition) is 1. The molecule has 0 N–H and O–H groups in total. The van der Waals surface area contributed by atoms with E-state index in [-0.39, 0.29) is 5.82 Å². The number of para-hydroxylation sites is 1. The van der Waals surface area contributed by atoms with Crippen LogP contribution in [0.15, 0.2) is 42.5 Å². The predicted molar refractivity (Wildman–Crippen MR) is 85.0 cm³/mol. The molecule has 2 aromatic rings. The van der Waals surface area contributed by atoms with Crippen LogP contribution in [0.4, 0.5) is 10.1 Å². The highest BCUT2D eigenvalue weighted by atomic mass is 19.1. The molecule has 2 heteroatoms. The first-order valence-electron chi connectivity index (χ1n) is 7.25. The minimum atomic E-state index is -0.193. The van der Waals surface area contributed by atoms with Gasteiger partial charge < -0.3 is 4.90 Å². The summed E-state index contributed by atoms with van der Waals surface area (Å²) in [4.78, 5) is 2.31. The minimum absolute atomic E-state index is 0.193. The van der Waals surface area contributed by atoms with Crippen LogP contribution in [-0.4, -0.2) is 12.6 Å². The number of aryl methyl sites for hydroxylation is 1. The van der Waals surface area contributed by atoms with Crippen LogP contribution in [0.2, 0.25) is 0 Å². The molecule has 0 saturated carbocycles. The van der Waals surface area contributed by atoms with Crippen molar-refractivity contribution in [3.8, 4) is 11.8 Å². The summed E-state index contributed by atoms with van der Waals surface area (Å²) in [5, 5.41) is 0. The van der Waals surface area contributed by atoms with Crippen LogP contribution in [0.1, 0.15) is 23.6 Å². The van der Waals surface area contributed by atoms with Crippen molar-refractivity contribution in [3.05, 3.63) is 65.0 Å². The summed E-state index contributed by atoms with van der Waals surface area (Å²) in [6.07, 6.45) is 1.07. The topological polar surface area (TPSA) is 3.24 Å². The standard InChI is InChI=1S/C19H18FN/c1-14-9-10-16(13-18(14)20)6-5-11-21-15(2)12-17-7-3-4-8-19(17)21/h3-4,7-10,13,15H,11-12H2,1-2H3. The van der Waals surface area contributed by atoms with Gasteiger partial charge in [0.2, 0.25) is 0 Å². The lowest BCUT2D eigenvalue weighted by Crippen LogP contribution is -2.29. The van der Waals surface area contributed by atoms with E-state index in [2.05, 4.69) is 47.9 Å². The van der Waals surface area contributed by atoms with Gasteiger partial charge in [0, 0.05) is 17.3 Å². The summed E-state index contributed by atoms with van der Waals surface area (Å²) in [5.74, 6) is 6.04. The summed E-state index contributed by atoms with van der Waals surface area (Å²) in [7, 11) is 0. The molecule has 0 amide bonds. The largest absolute Gasteiger partial charge is 0.357 e. The molecule has 2 aromatic carbocycles. The minimum Gasteiger partial charge on any atom is -0.357 e. The summed E-state index contributed by atoms with van der Waals surface area (Å²) in [6, 6.07) is 14.1. The Kier molecular flexibility index (Phi) is 3.66. The third-order valence-electron chi connectivity index (χ3n) is 4.00. The maximum Gasteiger partial charge on any atom is 0.127 e. The van der Waals surface area contributed by atoms with Crippen LogP contribution >= 0.6 is 0 Å². The molecule has 0 spiro atoms. The molecular formula is C19H18FN. The van der Waals surface area contributed by atoms with Crippen molar-refractivity contribution < 1.29 is 4.39 Å². The Morgan fingerprint density at radius 3 is 2.86 bits per heavy atom. The zero-order valence-electron chi connectivity index (χ0n) is 12.4. The smallest absolute Gasteiger partial charge is 0.127 e. The van der Waals surface area contributed by atoms with Crippen LogP contribution in [0.25, 0.3) is 0 Å². The van der Waals surface area contributed by atoms with Gasteiger partial charge in [-0.25, -0.2) is 4.39 Å². The highest BCUT2D eigenvalue weighted by molar-refractivity contribution is 5.60. The highest BCUT2D eigenvalue weighted by Crippen LogP contribution is 2.31. The van der Waals surface area contributed by atoms with Gasteiger partial charge in [-0.3, -0.25) is 0 Å². The van der Waals surface area contributed by atoms with Crippen LogP contribution in [0.3, 0.4) is 0 Å². The van der Waals surface area contributed by atoms with E-state index in [1.54, 1.807) is 13.0 Å². The summed E-state index contributed by atoms with van der Waals surface area (Å²) in [6.45, 7) is 4.65. The van der Waals surface area contributed by atoms with Gasteiger partial charge in [-0.15, -0.1) is 0 Å². The zero-order chi connectivity index (χ0) is 14.8. The van der Waals surface area contributed by atoms with E-state index in [0.29, 0.717) is 18.2 Å².